The first-order chi connectivity index (χ1) is 11.6. The predicted molar refractivity (Wildman–Crippen MR) is 95.7 cm³/mol. The van der Waals surface area contributed by atoms with E-state index in [2.05, 4.69) is 28.3 Å². The maximum absolute atomic E-state index is 12.6. The van der Waals surface area contributed by atoms with Crippen LogP contribution in [0.5, 0.6) is 5.75 Å². The number of hydrogen-bond acceptors (Lipinski definition) is 5. The predicted octanol–water partition coefficient (Wildman–Crippen LogP) is 2.98. The molecular formula is C18H23N3O2S. The van der Waals surface area contributed by atoms with E-state index in [9.17, 15) is 4.79 Å². The lowest BCUT2D eigenvalue weighted by molar-refractivity contribution is 0.0581. The van der Waals surface area contributed by atoms with Gasteiger partial charge in [0.25, 0.3) is 5.91 Å². The molecule has 5 nitrogen and oxygen atoms in total. The van der Waals surface area contributed by atoms with Crippen molar-refractivity contribution in [3.8, 4) is 5.75 Å². The molecule has 1 aromatic heterocycles. The van der Waals surface area contributed by atoms with E-state index in [1.54, 1.807) is 7.11 Å². The van der Waals surface area contributed by atoms with Gasteiger partial charge in [-0.1, -0.05) is 12.1 Å². The SMILES string of the molecule is COc1cccc(C(C)N2CCN(C(=O)c3csnc3C)CC2)c1. The second-order valence-corrected chi connectivity index (χ2v) is 6.72. The zero-order valence-electron chi connectivity index (χ0n) is 14.4. The number of ether oxygens (including phenoxy) is 1. The van der Waals surface area contributed by atoms with Crippen LogP contribution in [0.3, 0.4) is 0 Å². The van der Waals surface area contributed by atoms with Gasteiger partial charge < -0.3 is 9.64 Å². The molecule has 3 rings (SSSR count). The van der Waals surface area contributed by atoms with Gasteiger partial charge in [-0.2, -0.15) is 4.37 Å². The van der Waals surface area contributed by atoms with Crippen molar-refractivity contribution in [3.63, 3.8) is 0 Å². The molecule has 0 aliphatic carbocycles. The Hall–Kier alpha value is -1.92. The van der Waals surface area contributed by atoms with E-state index in [1.165, 1.54) is 17.1 Å². The maximum atomic E-state index is 12.6. The minimum atomic E-state index is 0.106. The molecule has 2 heterocycles. The number of nitrogens with zero attached hydrogens (tertiary/aromatic N) is 3. The smallest absolute Gasteiger partial charge is 0.256 e. The van der Waals surface area contributed by atoms with E-state index < -0.39 is 0 Å². The van der Waals surface area contributed by atoms with Crippen molar-refractivity contribution in [2.24, 2.45) is 0 Å². The van der Waals surface area contributed by atoms with Crippen molar-refractivity contribution in [1.82, 2.24) is 14.2 Å². The molecular weight excluding hydrogens is 322 g/mol. The van der Waals surface area contributed by atoms with Crippen molar-refractivity contribution in [1.29, 1.82) is 0 Å². The fraction of sp³-hybridized carbons (Fsp3) is 0.444. The van der Waals surface area contributed by atoms with E-state index in [0.29, 0.717) is 6.04 Å². The molecule has 1 aliphatic heterocycles. The van der Waals surface area contributed by atoms with Gasteiger partial charge in [0.2, 0.25) is 0 Å². The lowest BCUT2D eigenvalue weighted by Gasteiger charge is -2.38. The molecule has 1 aromatic carbocycles. The molecule has 0 saturated carbocycles. The Kier molecular flexibility index (Phi) is 5.16. The van der Waals surface area contributed by atoms with Crippen LogP contribution in [0.25, 0.3) is 0 Å². The summed E-state index contributed by atoms with van der Waals surface area (Å²) in [6.07, 6.45) is 0. The molecule has 0 bridgehead atoms. The molecule has 1 saturated heterocycles. The van der Waals surface area contributed by atoms with Crippen LogP contribution in [-0.4, -0.2) is 53.4 Å². The fourth-order valence-corrected chi connectivity index (χ4v) is 3.78. The summed E-state index contributed by atoms with van der Waals surface area (Å²) in [6, 6.07) is 8.51. The monoisotopic (exact) mass is 345 g/mol. The number of benzene rings is 1. The maximum Gasteiger partial charge on any atom is 0.256 e. The number of aromatic nitrogens is 1. The summed E-state index contributed by atoms with van der Waals surface area (Å²) >= 11 is 1.34. The molecule has 0 radical (unpaired) electrons. The van der Waals surface area contributed by atoms with Crippen LogP contribution >= 0.6 is 11.5 Å². The molecule has 1 amide bonds. The molecule has 0 spiro atoms. The summed E-state index contributed by atoms with van der Waals surface area (Å²) in [5.74, 6) is 0.989. The number of aryl methyl sites for hydroxylation is 1. The van der Waals surface area contributed by atoms with Crippen molar-refractivity contribution in [2.45, 2.75) is 19.9 Å². The normalized spacial score (nSPS) is 16.9. The van der Waals surface area contributed by atoms with E-state index in [1.807, 2.05) is 29.3 Å². The van der Waals surface area contributed by atoms with E-state index >= 15 is 0 Å². The van der Waals surface area contributed by atoms with Gasteiger partial charge in [0.15, 0.2) is 0 Å². The number of rotatable bonds is 4. The Morgan fingerprint density at radius 1 is 1.29 bits per heavy atom. The van der Waals surface area contributed by atoms with E-state index in [4.69, 9.17) is 4.74 Å². The Morgan fingerprint density at radius 2 is 2.04 bits per heavy atom. The van der Waals surface area contributed by atoms with Gasteiger partial charge in [-0.3, -0.25) is 9.69 Å². The van der Waals surface area contributed by atoms with Crippen LogP contribution in [-0.2, 0) is 0 Å². The standard InChI is InChI=1S/C18H23N3O2S/c1-13-17(12-24-19-13)18(22)21-9-7-20(8-10-21)14(2)15-5-4-6-16(11-15)23-3/h4-6,11-12,14H,7-10H2,1-3H3. The second-order valence-electron chi connectivity index (χ2n) is 6.09. The van der Waals surface area contributed by atoms with Crippen LogP contribution in [0.15, 0.2) is 29.6 Å². The highest BCUT2D eigenvalue weighted by Crippen LogP contribution is 2.25. The second kappa shape index (κ2) is 7.32. The van der Waals surface area contributed by atoms with Crippen molar-refractivity contribution in [2.75, 3.05) is 33.3 Å². The molecule has 6 heteroatoms. The molecule has 1 unspecified atom stereocenters. The van der Waals surface area contributed by atoms with Gasteiger partial charge in [-0.05, 0) is 43.1 Å². The summed E-state index contributed by atoms with van der Waals surface area (Å²) in [4.78, 5) is 16.9. The third-order valence-electron chi connectivity index (χ3n) is 4.71. The Morgan fingerprint density at radius 3 is 2.67 bits per heavy atom. The van der Waals surface area contributed by atoms with E-state index in [-0.39, 0.29) is 5.91 Å². The van der Waals surface area contributed by atoms with Crippen LogP contribution in [0, 0.1) is 6.92 Å². The Bertz CT molecular complexity index is 708. The van der Waals surface area contributed by atoms with Gasteiger partial charge in [-0.25, -0.2) is 0 Å². The molecule has 1 aliphatic rings. The van der Waals surface area contributed by atoms with Crippen molar-refractivity contribution < 1.29 is 9.53 Å². The van der Waals surface area contributed by atoms with Crippen LogP contribution in [0.4, 0.5) is 0 Å². The van der Waals surface area contributed by atoms with Gasteiger partial charge >= 0.3 is 0 Å². The number of hydrogen-bond donors (Lipinski definition) is 0. The molecule has 0 N–H and O–H groups in total. The number of carbonyl (C=O) groups is 1. The molecule has 24 heavy (non-hydrogen) atoms. The van der Waals surface area contributed by atoms with Gasteiger partial charge in [0.05, 0.1) is 18.4 Å². The van der Waals surface area contributed by atoms with Crippen LogP contribution in [0.2, 0.25) is 0 Å². The van der Waals surface area contributed by atoms with Crippen molar-refractivity contribution >= 4 is 17.4 Å². The fourth-order valence-electron chi connectivity index (χ4n) is 3.09. The van der Waals surface area contributed by atoms with E-state index in [0.717, 1.165) is 43.2 Å². The summed E-state index contributed by atoms with van der Waals surface area (Å²) < 4.78 is 9.52. The molecule has 128 valence electrons. The minimum Gasteiger partial charge on any atom is -0.497 e. The van der Waals surface area contributed by atoms with Crippen LogP contribution < -0.4 is 4.74 Å². The average molecular weight is 345 g/mol. The third kappa shape index (κ3) is 3.44. The summed E-state index contributed by atoms with van der Waals surface area (Å²) in [5, 5.41) is 1.85. The van der Waals surface area contributed by atoms with Crippen LogP contribution in [0.1, 0.15) is 34.6 Å². The summed E-state index contributed by atoms with van der Waals surface area (Å²) in [6.45, 7) is 7.36. The number of amides is 1. The first-order valence-corrected chi connectivity index (χ1v) is 9.02. The first-order valence-electron chi connectivity index (χ1n) is 8.18. The Balaban J connectivity index is 1.62. The minimum absolute atomic E-state index is 0.106. The van der Waals surface area contributed by atoms with Crippen molar-refractivity contribution in [3.05, 3.63) is 46.5 Å². The van der Waals surface area contributed by atoms with Gasteiger partial charge in [0.1, 0.15) is 5.75 Å². The highest BCUT2D eigenvalue weighted by molar-refractivity contribution is 7.03. The lowest BCUT2D eigenvalue weighted by Crippen LogP contribution is -2.49. The van der Waals surface area contributed by atoms with Gasteiger partial charge in [-0.15, -0.1) is 0 Å². The number of methoxy groups -OCH3 is 1. The molecule has 1 fully saturated rings. The lowest BCUT2D eigenvalue weighted by atomic mass is 10.1. The third-order valence-corrected chi connectivity index (χ3v) is 5.43. The zero-order valence-corrected chi connectivity index (χ0v) is 15.2. The topological polar surface area (TPSA) is 45.7 Å². The highest BCUT2D eigenvalue weighted by atomic mass is 32.1. The highest BCUT2D eigenvalue weighted by Gasteiger charge is 2.26. The van der Waals surface area contributed by atoms with Gasteiger partial charge in [0, 0.05) is 37.6 Å². The molecule has 2 aromatic rings. The Labute approximate surface area is 147 Å². The first kappa shape index (κ1) is 16.9. The number of carbonyl (C=O) groups excluding carboxylic acids is 1. The summed E-state index contributed by atoms with van der Waals surface area (Å²) in [7, 11) is 1.69. The average Bonchev–Trinajstić information content (AvgIpc) is 3.06. The summed E-state index contributed by atoms with van der Waals surface area (Å²) in [5.41, 5.74) is 2.82. The quantitative estimate of drug-likeness (QED) is 0.855. The number of piperazine rings is 1. The zero-order chi connectivity index (χ0) is 17.1. The molecule has 1 atom stereocenters. The largest absolute Gasteiger partial charge is 0.497 e.